The third-order valence-corrected chi connectivity index (χ3v) is 4.01. The van der Waals surface area contributed by atoms with Gasteiger partial charge in [-0.05, 0) is 29.8 Å². The zero-order chi connectivity index (χ0) is 19.4. The van der Waals surface area contributed by atoms with Crippen LogP contribution in [0.5, 0.6) is 0 Å². The van der Waals surface area contributed by atoms with Gasteiger partial charge in [-0.1, -0.05) is 12.1 Å². The van der Waals surface area contributed by atoms with E-state index in [4.69, 9.17) is 0 Å². The molecule has 0 bridgehead atoms. The lowest BCUT2D eigenvalue weighted by Gasteiger charge is -2.13. The minimum atomic E-state index is -0.548. The second-order valence-corrected chi connectivity index (χ2v) is 6.04. The first-order valence-electron chi connectivity index (χ1n) is 8.13. The highest BCUT2D eigenvalue weighted by molar-refractivity contribution is 5.95. The second-order valence-electron chi connectivity index (χ2n) is 6.04. The molecule has 0 saturated carbocycles. The average molecular weight is 366 g/mol. The van der Waals surface area contributed by atoms with Crippen molar-refractivity contribution < 1.29 is 9.72 Å². The van der Waals surface area contributed by atoms with Gasteiger partial charge in [0.25, 0.3) is 11.6 Å². The molecule has 0 aliphatic heterocycles. The van der Waals surface area contributed by atoms with Gasteiger partial charge in [0.05, 0.1) is 4.92 Å². The molecular formula is C18H18N6O3. The first-order valence-corrected chi connectivity index (χ1v) is 8.13. The lowest BCUT2D eigenvalue weighted by atomic mass is 10.1. The van der Waals surface area contributed by atoms with E-state index in [1.165, 1.54) is 35.5 Å². The van der Waals surface area contributed by atoms with E-state index in [9.17, 15) is 14.9 Å². The molecule has 3 rings (SSSR count). The van der Waals surface area contributed by atoms with Crippen molar-refractivity contribution in [3.8, 4) is 5.69 Å². The first kappa shape index (κ1) is 18.1. The van der Waals surface area contributed by atoms with Gasteiger partial charge in [0, 0.05) is 38.0 Å². The van der Waals surface area contributed by atoms with Crippen LogP contribution in [0.15, 0.2) is 55.1 Å². The number of amides is 1. The van der Waals surface area contributed by atoms with Crippen LogP contribution < -0.4 is 10.2 Å². The highest BCUT2D eigenvalue weighted by Crippen LogP contribution is 2.23. The number of benzene rings is 2. The minimum absolute atomic E-state index is 0.204. The van der Waals surface area contributed by atoms with Gasteiger partial charge in [-0.15, -0.1) is 0 Å². The molecule has 1 aromatic heterocycles. The molecule has 0 aliphatic carbocycles. The van der Waals surface area contributed by atoms with Crippen molar-refractivity contribution >= 4 is 17.3 Å². The summed E-state index contributed by atoms with van der Waals surface area (Å²) >= 11 is 0. The quantitative estimate of drug-likeness (QED) is 0.529. The summed E-state index contributed by atoms with van der Waals surface area (Å²) in [7, 11) is 3.90. The highest BCUT2D eigenvalue weighted by Gasteiger charge is 2.19. The van der Waals surface area contributed by atoms with Gasteiger partial charge < -0.3 is 10.2 Å². The minimum Gasteiger partial charge on any atom is -0.378 e. The Bertz CT molecular complexity index is 952. The van der Waals surface area contributed by atoms with E-state index < -0.39 is 4.92 Å². The van der Waals surface area contributed by atoms with E-state index in [1.807, 2.05) is 43.3 Å². The molecule has 0 atom stereocenters. The predicted molar refractivity (Wildman–Crippen MR) is 100.0 cm³/mol. The Morgan fingerprint density at radius 3 is 2.56 bits per heavy atom. The van der Waals surface area contributed by atoms with Crippen LogP contribution in [0.1, 0.15) is 15.9 Å². The molecule has 138 valence electrons. The molecule has 0 unspecified atom stereocenters. The molecule has 0 radical (unpaired) electrons. The van der Waals surface area contributed by atoms with Gasteiger partial charge in [0.15, 0.2) is 0 Å². The van der Waals surface area contributed by atoms with Gasteiger partial charge in [-0.25, -0.2) is 9.67 Å². The zero-order valence-corrected chi connectivity index (χ0v) is 14.9. The number of nitro benzene ring substituents is 1. The van der Waals surface area contributed by atoms with Crippen LogP contribution in [-0.2, 0) is 6.54 Å². The van der Waals surface area contributed by atoms with E-state index in [0.29, 0.717) is 6.54 Å². The van der Waals surface area contributed by atoms with Crippen LogP contribution in [0.2, 0.25) is 0 Å². The molecule has 1 N–H and O–H groups in total. The normalized spacial score (nSPS) is 10.4. The monoisotopic (exact) mass is 366 g/mol. The summed E-state index contributed by atoms with van der Waals surface area (Å²) in [5, 5.41) is 18.0. The van der Waals surface area contributed by atoms with E-state index in [-0.39, 0.29) is 22.8 Å². The largest absolute Gasteiger partial charge is 0.378 e. The Morgan fingerprint density at radius 2 is 1.96 bits per heavy atom. The fourth-order valence-electron chi connectivity index (χ4n) is 2.53. The van der Waals surface area contributed by atoms with Gasteiger partial charge in [-0.2, -0.15) is 5.10 Å². The third kappa shape index (κ3) is 4.09. The Morgan fingerprint density at radius 1 is 1.22 bits per heavy atom. The average Bonchev–Trinajstić information content (AvgIpc) is 3.20. The smallest absolute Gasteiger partial charge is 0.295 e. The molecule has 9 heteroatoms. The van der Waals surface area contributed by atoms with E-state index in [0.717, 1.165) is 11.3 Å². The van der Waals surface area contributed by atoms with Crippen molar-refractivity contribution in [1.29, 1.82) is 0 Å². The molecule has 0 fully saturated rings. The summed E-state index contributed by atoms with van der Waals surface area (Å²) < 4.78 is 1.28. The number of anilines is 1. The number of hydrogen-bond acceptors (Lipinski definition) is 6. The van der Waals surface area contributed by atoms with Crippen LogP contribution >= 0.6 is 0 Å². The number of nitrogens with one attached hydrogen (secondary N) is 1. The lowest BCUT2D eigenvalue weighted by Crippen LogP contribution is -2.23. The molecule has 1 amide bonds. The molecule has 9 nitrogen and oxygen atoms in total. The maximum absolute atomic E-state index is 12.4. The summed E-state index contributed by atoms with van der Waals surface area (Å²) in [5.41, 5.74) is 2.22. The number of carbonyl (C=O) groups is 1. The van der Waals surface area contributed by atoms with Crippen LogP contribution in [0.25, 0.3) is 5.69 Å². The van der Waals surface area contributed by atoms with Crippen molar-refractivity contribution in [2.45, 2.75) is 6.54 Å². The Balaban J connectivity index is 1.74. The SMILES string of the molecule is CN(C)c1ccc(CNC(=O)c2ccc(-n3cncn3)c([N+](=O)[O-])c2)cc1. The Hall–Kier alpha value is -3.75. The number of nitrogens with zero attached hydrogens (tertiary/aromatic N) is 5. The summed E-state index contributed by atoms with van der Waals surface area (Å²) in [6.45, 7) is 0.325. The van der Waals surface area contributed by atoms with Crippen molar-refractivity contribution in [1.82, 2.24) is 20.1 Å². The Kier molecular flexibility index (Phi) is 5.11. The van der Waals surface area contributed by atoms with Gasteiger partial charge in [0.2, 0.25) is 0 Å². The summed E-state index contributed by atoms with van der Waals surface area (Å²) in [6.07, 6.45) is 2.64. The van der Waals surface area contributed by atoms with Crippen molar-refractivity contribution in [3.63, 3.8) is 0 Å². The van der Waals surface area contributed by atoms with Crippen molar-refractivity contribution in [2.24, 2.45) is 0 Å². The number of carbonyl (C=O) groups excluding carboxylic acids is 1. The standard InChI is InChI=1S/C18H18N6O3/c1-22(2)15-6-3-13(4-7-15)10-20-18(25)14-5-8-16(17(9-14)24(26)27)23-12-19-11-21-23/h3-9,11-12H,10H2,1-2H3,(H,20,25). The zero-order valence-electron chi connectivity index (χ0n) is 14.9. The number of rotatable bonds is 6. The van der Waals surface area contributed by atoms with E-state index >= 15 is 0 Å². The van der Waals surface area contributed by atoms with Crippen molar-refractivity contribution in [3.05, 3.63) is 76.4 Å². The molecule has 0 saturated heterocycles. The fraction of sp³-hybridized carbons (Fsp3) is 0.167. The summed E-state index contributed by atoms with van der Waals surface area (Å²) in [5.74, 6) is -0.389. The molecule has 3 aromatic rings. The number of nitro groups is 1. The van der Waals surface area contributed by atoms with Crippen LogP contribution in [-0.4, -0.2) is 39.7 Å². The summed E-state index contributed by atoms with van der Waals surface area (Å²) in [6, 6.07) is 12.0. The topological polar surface area (TPSA) is 106 Å². The van der Waals surface area contributed by atoms with Crippen LogP contribution in [0, 0.1) is 10.1 Å². The maximum atomic E-state index is 12.4. The summed E-state index contributed by atoms with van der Waals surface area (Å²) in [4.78, 5) is 29.0. The van der Waals surface area contributed by atoms with Gasteiger partial charge in [-0.3, -0.25) is 14.9 Å². The van der Waals surface area contributed by atoms with E-state index in [1.54, 1.807) is 0 Å². The third-order valence-electron chi connectivity index (χ3n) is 4.01. The van der Waals surface area contributed by atoms with Crippen molar-refractivity contribution in [2.75, 3.05) is 19.0 Å². The molecule has 0 aliphatic rings. The maximum Gasteiger partial charge on any atom is 0.295 e. The second kappa shape index (κ2) is 7.65. The molecule has 2 aromatic carbocycles. The van der Waals surface area contributed by atoms with Gasteiger partial charge >= 0.3 is 0 Å². The molecular weight excluding hydrogens is 348 g/mol. The Labute approximate surface area is 155 Å². The first-order chi connectivity index (χ1) is 13.0. The predicted octanol–water partition coefficient (Wildman–Crippen LogP) is 2.17. The number of hydrogen-bond donors (Lipinski definition) is 1. The molecule has 1 heterocycles. The number of aromatic nitrogens is 3. The van der Waals surface area contributed by atoms with Gasteiger partial charge in [0.1, 0.15) is 18.3 Å². The molecule has 0 spiro atoms. The molecule has 27 heavy (non-hydrogen) atoms. The van der Waals surface area contributed by atoms with E-state index in [2.05, 4.69) is 15.4 Å². The fourth-order valence-corrected chi connectivity index (χ4v) is 2.53. The lowest BCUT2D eigenvalue weighted by molar-refractivity contribution is -0.384. The van der Waals surface area contributed by atoms with Crippen LogP contribution in [0.4, 0.5) is 11.4 Å². The highest BCUT2D eigenvalue weighted by atomic mass is 16.6. The van der Waals surface area contributed by atoms with Crippen LogP contribution in [0.3, 0.4) is 0 Å².